The summed E-state index contributed by atoms with van der Waals surface area (Å²) in [6.45, 7) is 6.75. The Morgan fingerprint density at radius 3 is 2.29 bits per heavy atom. The van der Waals surface area contributed by atoms with E-state index in [0.29, 0.717) is 0 Å². The van der Waals surface area contributed by atoms with E-state index in [0.717, 1.165) is 41.2 Å². The quantitative estimate of drug-likeness (QED) is 0.173. The number of hydrogen-bond acceptors (Lipinski definition) is 2. The van der Waals surface area contributed by atoms with Crippen molar-refractivity contribution < 1.29 is 24.1 Å². The average Bonchev–Trinajstić information content (AvgIpc) is 3.61. The van der Waals surface area contributed by atoms with E-state index in [1.807, 2.05) is 6.20 Å². The summed E-state index contributed by atoms with van der Waals surface area (Å²) in [7, 11) is 2.16. The van der Waals surface area contributed by atoms with Gasteiger partial charge < -0.3 is 0 Å². The summed E-state index contributed by atoms with van der Waals surface area (Å²) in [4.78, 5) is 4.92. The van der Waals surface area contributed by atoms with Crippen molar-refractivity contribution in [3.05, 3.63) is 148 Å². The van der Waals surface area contributed by atoms with Gasteiger partial charge in [-0.25, -0.2) is 4.98 Å². The second-order valence-corrected chi connectivity index (χ2v) is 15.8. The number of hydrogen-bond donors (Lipinski definition) is 0. The molecule has 0 N–H and O–H groups in total. The Morgan fingerprint density at radius 2 is 1.47 bits per heavy atom. The van der Waals surface area contributed by atoms with Gasteiger partial charge in [0.15, 0.2) is 0 Å². The van der Waals surface area contributed by atoms with Gasteiger partial charge in [-0.3, -0.25) is 0 Å². The third kappa shape index (κ3) is 5.50. The van der Waals surface area contributed by atoms with Crippen LogP contribution in [0.3, 0.4) is 0 Å². The molecular weight excluding hydrogens is 808 g/mol. The molecule has 5 nitrogen and oxygen atoms in total. The van der Waals surface area contributed by atoms with Crippen LogP contribution in [0.25, 0.3) is 49.8 Å². The van der Waals surface area contributed by atoms with Crippen LogP contribution in [0.4, 0.5) is 0 Å². The number of fused-ring (bicyclic) bond motifs is 5. The average molecular weight is 848 g/mol. The number of nitrogens with zero attached hydrogens (tertiary/aromatic N) is 4. The zero-order valence-electron chi connectivity index (χ0n) is 29.3. The van der Waals surface area contributed by atoms with Gasteiger partial charge in [0.05, 0.1) is 0 Å². The third-order valence-corrected chi connectivity index (χ3v) is 11.9. The first-order valence-electron chi connectivity index (χ1n) is 17.8. The normalized spacial score (nSPS) is 14.7. The number of imidazole rings is 1. The molecule has 9 rings (SSSR count). The van der Waals surface area contributed by atoms with Gasteiger partial charge in [-0.2, -0.15) is 0 Å². The Labute approximate surface area is 309 Å². The monoisotopic (exact) mass is 847 g/mol. The molecule has 0 amide bonds. The summed E-state index contributed by atoms with van der Waals surface area (Å²) < 4.78 is 15.1. The molecule has 6 heteroatoms. The Morgan fingerprint density at radius 1 is 0.706 bits per heavy atom. The summed E-state index contributed by atoms with van der Waals surface area (Å²) in [5.41, 5.74) is 11.1. The number of para-hydroxylation sites is 2. The fourth-order valence-electron chi connectivity index (χ4n) is 7.93. The maximum atomic E-state index is 6.77. The van der Waals surface area contributed by atoms with Crippen LogP contribution in [-0.2, 0) is 38.2 Å². The summed E-state index contributed by atoms with van der Waals surface area (Å²) in [6.07, 6.45) is 5.29. The van der Waals surface area contributed by atoms with Gasteiger partial charge in [0.1, 0.15) is 0 Å². The predicted molar refractivity (Wildman–Crippen MR) is 204 cm³/mol. The summed E-state index contributed by atoms with van der Waals surface area (Å²) in [5.74, 6) is 2.57. The third-order valence-electron chi connectivity index (χ3n) is 10.6. The van der Waals surface area contributed by atoms with Crippen LogP contribution in [0, 0.1) is 3.80 Å². The van der Waals surface area contributed by atoms with Crippen molar-refractivity contribution >= 4 is 32.8 Å². The molecule has 0 bridgehead atoms. The number of benzene rings is 5. The number of aryl methyl sites for hydroxylation is 2. The van der Waals surface area contributed by atoms with Gasteiger partial charge in [0, 0.05) is 6.20 Å². The number of pyridine rings is 1. The van der Waals surface area contributed by atoms with E-state index in [1.54, 1.807) is 0 Å². The zero-order valence-corrected chi connectivity index (χ0v) is 31.6. The molecule has 0 radical (unpaired) electrons. The molecule has 0 saturated carbocycles. The van der Waals surface area contributed by atoms with Crippen molar-refractivity contribution in [3.63, 3.8) is 0 Å². The topological polar surface area (TPSA) is 36.9 Å². The molecule has 1 aliphatic rings. The van der Waals surface area contributed by atoms with Crippen molar-refractivity contribution in [2.24, 2.45) is 7.05 Å². The van der Waals surface area contributed by atoms with E-state index >= 15 is 0 Å². The first-order chi connectivity index (χ1) is 24.7. The molecule has 1 unspecified atom stereocenters. The minimum absolute atomic E-state index is 0.00205. The van der Waals surface area contributed by atoms with Crippen LogP contribution in [0.5, 0.6) is 11.5 Å². The van der Waals surface area contributed by atoms with Crippen LogP contribution in [-0.4, -0.2) is 18.7 Å². The van der Waals surface area contributed by atoms with Crippen LogP contribution in [0.1, 0.15) is 56.3 Å². The second-order valence-electron chi connectivity index (χ2n) is 14.8. The molecule has 51 heavy (non-hydrogen) atoms. The van der Waals surface area contributed by atoms with Gasteiger partial charge in [-0.15, -0.1) is 0 Å². The maximum absolute atomic E-state index is 6.77. The number of rotatable bonds is 5. The predicted octanol–water partition coefficient (Wildman–Crippen LogP) is 11.2. The van der Waals surface area contributed by atoms with Gasteiger partial charge in [-0.1, -0.05) is 57.2 Å². The molecule has 5 aromatic carbocycles. The second kappa shape index (κ2) is 12.4. The molecule has 0 saturated heterocycles. The molecule has 1 aliphatic carbocycles. The molecule has 8 aromatic rings. The van der Waals surface area contributed by atoms with Gasteiger partial charge >= 0.3 is 196 Å². The Hall–Kier alpha value is -4.99. The van der Waals surface area contributed by atoms with Crippen LogP contribution in [0.2, 0.25) is 0 Å². The van der Waals surface area contributed by atoms with Crippen LogP contribution >= 0.6 is 0 Å². The minimum atomic E-state index is -0.00205. The summed E-state index contributed by atoms with van der Waals surface area (Å²) >= 11 is 2.49. The Kier molecular flexibility index (Phi) is 7.74. The van der Waals surface area contributed by atoms with E-state index in [2.05, 4.69) is 182 Å². The van der Waals surface area contributed by atoms with E-state index < -0.39 is 0 Å². The molecule has 256 valence electrons. The number of aromatic nitrogens is 4. The fourth-order valence-corrected chi connectivity index (χ4v) is 8.83. The summed E-state index contributed by atoms with van der Waals surface area (Å²) in [5, 5.41) is 2.37. The van der Waals surface area contributed by atoms with Crippen molar-refractivity contribution in [3.8, 4) is 28.4 Å². The zero-order chi connectivity index (χ0) is 34.9. The summed E-state index contributed by atoms with van der Waals surface area (Å²) in [6, 6.07) is 43.9. The van der Waals surface area contributed by atoms with Crippen molar-refractivity contribution in [2.75, 3.05) is 0 Å². The molecule has 0 fully saturated rings. The molecule has 1 atom stereocenters. The first-order valence-corrected chi connectivity index (χ1v) is 18.9. The van der Waals surface area contributed by atoms with Gasteiger partial charge in [-0.05, 0) is 46.4 Å². The fraction of sp³-hybridized carbons (Fsp3) is 0.200. The SMILES string of the molecule is Cn1[c](=[Pt])n(C2CCCc3ccc(Oc4ccc5c6cc(-c7ccccc7)ccc6n(-c6cc(C(C)(C)C)ccn6)c5c4)cc32)c2ccccc21. The molecule has 0 aliphatic heterocycles. The van der Waals surface area contributed by atoms with E-state index in [4.69, 9.17) is 9.72 Å². The Bertz CT molecular complexity index is 2670. The van der Waals surface area contributed by atoms with Crippen molar-refractivity contribution in [1.29, 1.82) is 0 Å². The molecular formula is C45H40N4OPt. The van der Waals surface area contributed by atoms with Crippen LogP contribution in [0.15, 0.2) is 128 Å². The van der Waals surface area contributed by atoms with Crippen molar-refractivity contribution in [2.45, 2.75) is 51.5 Å². The first kappa shape index (κ1) is 32.0. The molecule has 0 spiro atoms. The van der Waals surface area contributed by atoms with Crippen LogP contribution < -0.4 is 4.74 Å². The van der Waals surface area contributed by atoms with E-state index in [-0.39, 0.29) is 11.5 Å². The Balaban J connectivity index is 1.16. The van der Waals surface area contributed by atoms with E-state index in [9.17, 15) is 0 Å². The molecule has 3 heterocycles. The standard InChI is InChI=1S/C45H40N4O.Pt/c1-45(2,3)33-23-24-46-44(26-33)49-40-22-18-32(30-11-6-5-7-12-30)25-38(40)36-21-20-35(28-43(36)49)50-34-19-17-31-13-10-16-39(37(31)27-34)48-29-47(4)41-14-8-9-15-42(41)48;/h5-9,11-12,14-15,17-28,39H,10,13,16H2,1-4H3;. The van der Waals surface area contributed by atoms with Crippen molar-refractivity contribution in [1.82, 2.24) is 18.7 Å². The number of ether oxygens (including phenoxy) is 1. The van der Waals surface area contributed by atoms with E-state index in [1.165, 1.54) is 59.8 Å². The molecule has 3 aromatic heterocycles. The van der Waals surface area contributed by atoms with Gasteiger partial charge in [0.25, 0.3) is 0 Å². The van der Waals surface area contributed by atoms with Gasteiger partial charge in [0.2, 0.25) is 0 Å².